The standard InChI is InChI=1S/C15H22O/c1-11(2)7-13-5-6-14(10-16)15(9-13)8-12(3)4/h5-6,9-12H,7-8H2,1-4H3. The van der Waals surface area contributed by atoms with Gasteiger partial charge in [0.2, 0.25) is 0 Å². The Morgan fingerprint density at radius 3 is 2.19 bits per heavy atom. The van der Waals surface area contributed by atoms with Crippen LogP contribution in [0.15, 0.2) is 18.2 Å². The molecule has 0 heterocycles. The maximum Gasteiger partial charge on any atom is 0.150 e. The molecule has 1 aromatic rings. The molecule has 1 aromatic carbocycles. The third kappa shape index (κ3) is 3.80. The van der Waals surface area contributed by atoms with E-state index in [4.69, 9.17) is 0 Å². The number of hydrogen-bond acceptors (Lipinski definition) is 1. The zero-order chi connectivity index (χ0) is 12.1. The number of carbonyl (C=O) groups is 1. The molecule has 16 heavy (non-hydrogen) atoms. The van der Waals surface area contributed by atoms with E-state index in [2.05, 4.69) is 39.8 Å². The van der Waals surface area contributed by atoms with Gasteiger partial charge in [0.05, 0.1) is 0 Å². The van der Waals surface area contributed by atoms with Gasteiger partial charge in [0.1, 0.15) is 6.29 Å². The van der Waals surface area contributed by atoms with Crippen molar-refractivity contribution in [2.75, 3.05) is 0 Å². The molecule has 0 aliphatic heterocycles. The Balaban J connectivity index is 2.96. The number of rotatable bonds is 5. The van der Waals surface area contributed by atoms with Crippen molar-refractivity contribution >= 4 is 6.29 Å². The van der Waals surface area contributed by atoms with E-state index in [-0.39, 0.29) is 0 Å². The molecule has 0 aromatic heterocycles. The molecule has 0 amide bonds. The molecule has 0 atom stereocenters. The summed E-state index contributed by atoms with van der Waals surface area (Å²) in [7, 11) is 0. The first kappa shape index (κ1) is 13.0. The average molecular weight is 218 g/mol. The summed E-state index contributed by atoms with van der Waals surface area (Å²) in [4.78, 5) is 10.9. The molecular weight excluding hydrogens is 196 g/mol. The first-order valence-electron chi connectivity index (χ1n) is 6.10. The molecule has 0 unspecified atom stereocenters. The highest BCUT2D eigenvalue weighted by molar-refractivity contribution is 5.77. The van der Waals surface area contributed by atoms with Crippen molar-refractivity contribution < 1.29 is 4.79 Å². The third-order valence-corrected chi connectivity index (χ3v) is 2.61. The molecule has 1 heteroatoms. The molecule has 0 bridgehead atoms. The van der Waals surface area contributed by atoms with Crippen molar-refractivity contribution in [2.24, 2.45) is 11.8 Å². The molecule has 0 radical (unpaired) electrons. The predicted octanol–water partition coefficient (Wildman–Crippen LogP) is 3.90. The van der Waals surface area contributed by atoms with Crippen molar-refractivity contribution in [3.05, 3.63) is 34.9 Å². The second kappa shape index (κ2) is 5.83. The van der Waals surface area contributed by atoms with Gasteiger partial charge in [0.25, 0.3) is 0 Å². The van der Waals surface area contributed by atoms with Gasteiger partial charge < -0.3 is 0 Å². The number of aldehydes is 1. The van der Waals surface area contributed by atoms with E-state index in [9.17, 15) is 4.79 Å². The Morgan fingerprint density at radius 1 is 1.06 bits per heavy atom. The summed E-state index contributed by atoms with van der Waals surface area (Å²) >= 11 is 0. The fourth-order valence-electron chi connectivity index (χ4n) is 1.99. The van der Waals surface area contributed by atoms with E-state index >= 15 is 0 Å². The van der Waals surface area contributed by atoms with Crippen LogP contribution in [0, 0.1) is 11.8 Å². The third-order valence-electron chi connectivity index (χ3n) is 2.61. The molecule has 0 N–H and O–H groups in total. The van der Waals surface area contributed by atoms with Gasteiger partial charge >= 0.3 is 0 Å². The van der Waals surface area contributed by atoms with Crippen LogP contribution < -0.4 is 0 Å². The first-order chi connectivity index (χ1) is 7.52. The van der Waals surface area contributed by atoms with Gasteiger partial charge in [-0.3, -0.25) is 4.79 Å². The van der Waals surface area contributed by atoms with E-state index in [0.29, 0.717) is 11.8 Å². The van der Waals surface area contributed by atoms with E-state index in [1.165, 1.54) is 11.1 Å². The molecule has 0 aliphatic rings. The van der Waals surface area contributed by atoms with Crippen molar-refractivity contribution in [1.29, 1.82) is 0 Å². The van der Waals surface area contributed by atoms with Crippen molar-refractivity contribution in [2.45, 2.75) is 40.5 Å². The van der Waals surface area contributed by atoms with Gasteiger partial charge in [-0.2, -0.15) is 0 Å². The molecule has 1 rings (SSSR count). The Bertz CT molecular complexity index is 350. The first-order valence-corrected chi connectivity index (χ1v) is 6.10. The Hall–Kier alpha value is -1.11. The van der Waals surface area contributed by atoms with Gasteiger partial charge in [-0.25, -0.2) is 0 Å². The average Bonchev–Trinajstić information content (AvgIpc) is 2.16. The molecule has 0 saturated heterocycles. The van der Waals surface area contributed by atoms with Crippen LogP contribution in [0.2, 0.25) is 0 Å². The second-order valence-electron chi connectivity index (χ2n) is 5.35. The highest BCUT2D eigenvalue weighted by atomic mass is 16.1. The number of benzene rings is 1. The van der Waals surface area contributed by atoms with E-state index in [1.54, 1.807) is 0 Å². The zero-order valence-electron chi connectivity index (χ0n) is 10.8. The summed E-state index contributed by atoms with van der Waals surface area (Å²) in [5.74, 6) is 1.25. The van der Waals surface area contributed by atoms with Crippen molar-refractivity contribution in [3.8, 4) is 0 Å². The smallest absolute Gasteiger partial charge is 0.150 e. The Morgan fingerprint density at radius 2 is 1.69 bits per heavy atom. The van der Waals surface area contributed by atoms with Crippen LogP contribution in [0.5, 0.6) is 0 Å². The summed E-state index contributed by atoms with van der Waals surface area (Å²) in [6.07, 6.45) is 3.04. The Labute approximate surface area is 98.9 Å². The lowest BCUT2D eigenvalue weighted by Crippen LogP contribution is -2.02. The van der Waals surface area contributed by atoms with Gasteiger partial charge in [-0.15, -0.1) is 0 Å². The van der Waals surface area contributed by atoms with Gasteiger partial charge in [-0.05, 0) is 35.8 Å². The Kier molecular flexibility index (Phi) is 4.72. The van der Waals surface area contributed by atoms with Crippen LogP contribution in [0.3, 0.4) is 0 Å². The molecule has 0 aliphatic carbocycles. The van der Waals surface area contributed by atoms with Crippen LogP contribution in [0.25, 0.3) is 0 Å². The maximum absolute atomic E-state index is 10.9. The summed E-state index contributed by atoms with van der Waals surface area (Å²) in [6.45, 7) is 8.80. The monoisotopic (exact) mass is 218 g/mol. The van der Waals surface area contributed by atoms with Crippen LogP contribution in [-0.2, 0) is 12.8 Å². The van der Waals surface area contributed by atoms with Crippen LogP contribution in [0.4, 0.5) is 0 Å². The van der Waals surface area contributed by atoms with E-state index in [1.807, 2.05) is 6.07 Å². The molecule has 0 spiro atoms. The quantitative estimate of drug-likeness (QED) is 0.685. The molecule has 0 saturated carbocycles. The second-order valence-corrected chi connectivity index (χ2v) is 5.35. The largest absolute Gasteiger partial charge is 0.298 e. The van der Waals surface area contributed by atoms with E-state index < -0.39 is 0 Å². The normalized spacial score (nSPS) is 11.1. The van der Waals surface area contributed by atoms with E-state index in [0.717, 1.165) is 24.7 Å². The van der Waals surface area contributed by atoms with Gasteiger partial charge in [0, 0.05) is 5.56 Å². The van der Waals surface area contributed by atoms with Crippen molar-refractivity contribution in [3.63, 3.8) is 0 Å². The fourth-order valence-corrected chi connectivity index (χ4v) is 1.99. The molecule has 88 valence electrons. The summed E-state index contributed by atoms with van der Waals surface area (Å²) in [6, 6.07) is 6.24. The molecular formula is C15H22O. The highest BCUT2D eigenvalue weighted by Crippen LogP contribution is 2.17. The van der Waals surface area contributed by atoms with Crippen LogP contribution >= 0.6 is 0 Å². The van der Waals surface area contributed by atoms with Crippen LogP contribution in [-0.4, -0.2) is 6.29 Å². The lowest BCUT2D eigenvalue weighted by atomic mass is 9.94. The highest BCUT2D eigenvalue weighted by Gasteiger charge is 2.06. The summed E-state index contributed by atoms with van der Waals surface area (Å²) < 4.78 is 0. The zero-order valence-corrected chi connectivity index (χ0v) is 10.8. The summed E-state index contributed by atoms with van der Waals surface area (Å²) in [5, 5.41) is 0. The van der Waals surface area contributed by atoms with Gasteiger partial charge in [0.15, 0.2) is 0 Å². The van der Waals surface area contributed by atoms with Crippen LogP contribution in [0.1, 0.15) is 49.2 Å². The fraction of sp³-hybridized carbons (Fsp3) is 0.533. The minimum Gasteiger partial charge on any atom is -0.298 e. The summed E-state index contributed by atoms with van der Waals surface area (Å²) in [5.41, 5.74) is 3.39. The van der Waals surface area contributed by atoms with Gasteiger partial charge in [-0.1, -0.05) is 45.9 Å². The number of hydrogen-bond donors (Lipinski definition) is 0. The minimum absolute atomic E-state index is 0.591. The topological polar surface area (TPSA) is 17.1 Å². The maximum atomic E-state index is 10.9. The lowest BCUT2D eigenvalue weighted by molar-refractivity contribution is 0.112. The SMILES string of the molecule is CC(C)Cc1ccc(C=O)c(CC(C)C)c1. The molecule has 0 fully saturated rings. The van der Waals surface area contributed by atoms with Crippen molar-refractivity contribution in [1.82, 2.24) is 0 Å². The minimum atomic E-state index is 0.591. The predicted molar refractivity (Wildman–Crippen MR) is 68.9 cm³/mol. The number of carbonyl (C=O) groups excluding carboxylic acids is 1. The molecule has 1 nitrogen and oxygen atoms in total. The lowest BCUT2D eigenvalue weighted by Gasteiger charge is -2.11.